The monoisotopic (exact) mass is 329 g/mol. The molecule has 0 atom stereocenters. The summed E-state index contributed by atoms with van der Waals surface area (Å²) in [6.07, 6.45) is 2.61. The van der Waals surface area contributed by atoms with Gasteiger partial charge in [0.2, 0.25) is 10.0 Å². The van der Waals surface area contributed by atoms with Gasteiger partial charge in [-0.3, -0.25) is 0 Å². The van der Waals surface area contributed by atoms with Crippen LogP contribution in [-0.2, 0) is 10.0 Å². The highest BCUT2D eigenvalue weighted by molar-refractivity contribution is 7.89. The van der Waals surface area contributed by atoms with E-state index in [2.05, 4.69) is 0 Å². The van der Waals surface area contributed by atoms with Crippen molar-refractivity contribution in [2.45, 2.75) is 24.2 Å². The average Bonchev–Trinajstić information content (AvgIpc) is 2.54. The van der Waals surface area contributed by atoms with Crippen LogP contribution in [0.5, 0.6) is 11.5 Å². The molecular weight excluding hydrogens is 310 g/mol. The van der Waals surface area contributed by atoms with Gasteiger partial charge in [-0.05, 0) is 18.9 Å². The number of sulfonamides is 1. The summed E-state index contributed by atoms with van der Waals surface area (Å²) in [6, 6.07) is 2.42. The largest absolute Gasteiger partial charge is 0.493 e. The van der Waals surface area contributed by atoms with E-state index in [0.717, 1.165) is 25.3 Å². The van der Waals surface area contributed by atoms with Crippen molar-refractivity contribution in [3.63, 3.8) is 0 Å². The van der Waals surface area contributed by atoms with Crippen molar-refractivity contribution >= 4 is 16.0 Å². The number of ether oxygens (including phenoxy) is 2. The molecule has 0 saturated carbocycles. The topological polar surface area (TPSA) is 93.1 Å². The number of carbonyl (C=O) groups is 1. The van der Waals surface area contributed by atoms with Gasteiger partial charge >= 0.3 is 5.97 Å². The summed E-state index contributed by atoms with van der Waals surface area (Å²) in [5.74, 6) is -1.18. The lowest BCUT2D eigenvalue weighted by molar-refractivity contribution is 0.0692. The molecule has 0 unspecified atom stereocenters. The maximum atomic E-state index is 12.7. The zero-order valence-corrected chi connectivity index (χ0v) is 13.4. The van der Waals surface area contributed by atoms with Gasteiger partial charge in [0.15, 0.2) is 11.5 Å². The van der Waals surface area contributed by atoms with Crippen molar-refractivity contribution in [2.24, 2.45) is 0 Å². The molecule has 22 heavy (non-hydrogen) atoms. The summed E-state index contributed by atoms with van der Waals surface area (Å²) in [4.78, 5) is 11.3. The van der Waals surface area contributed by atoms with Gasteiger partial charge in [-0.25, -0.2) is 13.2 Å². The van der Waals surface area contributed by atoms with Gasteiger partial charge in [0.1, 0.15) is 5.56 Å². The molecule has 1 fully saturated rings. The van der Waals surface area contributed by atoms with Gasteiger partial charge in [-0.15, -0.1) is 0 Å². The molecule has 0 amide bonds. The molecule has 1 N–H and O–H groups in total. The van der Waals surface area contributed by atoms with Crippen molar-refractivity contribution in [1.29, 1.82) is 0 Å². The Hall–Kier alpha value is -1.80. The molecule has 2 rings (SSSR count). The van der Waals surface area contributed by atoms with Crippen LogP contribution in [0.4, 0.5) is 0 Å². The highest BCUT2D eigenvalue weighted by Gasteiger charge is 2.29. The van der Waals surface area contributed by atoms with E-state index in [1.807, 2.05) is 0 Å². The van der Waals surface area contributed by atoms with E-state index in [1.165, 1.54) is 24.6 Å². The number of piperidine rings is 1. The summed E-state index contributed by atoms with van der Waals surface area (Å²) in [7, 11) is -1.10. The Kier molecular flexibility index (Phi) is 4.92. The van der Waals surface area contributed by atoms with Gasteiger partial charge in [0, 0.05) is 19.2 Å². The average molecular weight is 329 g/mol. The second-order valence-electron chi connectivity index (χ2n) is 4.98. The molecule has 1 aliphatic rings. The first-order valence-corrected chi connectivity index (χ1v) is 8.35. The van der Waals surface area contributed by atoms with E-state index in [0.29, 0.717) is 13.1 Å². The van der Waals surface area contributed by atoms with Crippen LogP contribution < -0.4 is 9.47 Å². The Morgan fingerprint density at radius 3 is 2.27 bits per heavy atom. The van der Waals surface area contributed by atoms with Gasteiger partial charge in [0.25, 0.3) is 0 Å². The van der Waals surface area contributed by atoms with E-state index in [9.17, 15) is 18.3 Å². The van der Waals surface area contributed by atoms with E-state index in [1.54, 1.807) is 0 Å². The first-order chi connectivity index (χ1) is 10.4. The molecule has 1 saturated heterocycles. The quantitative estimate of drug-likeness (QED) is 0.881. The number of methoxy groups -OCH3 is 2. The van der Waals surface area contributed by atoms with Gasteiger partial charge in [-0.2, -0.15) is 4.31 Å². The number of carboxylic acids is 1. The van der Waals surface area contributed by atoms with Crippen molar-refractivity contribution < 1.29 is 27.8 Å². The SMILES string of the molecule is COc1cc(S(=O)(=O)N2CCCCC2)cc(C(=O)O)c1OC. The standard InChI is InChI=1S/C14H19NO6S/c1-20-12-9-10(8-11(14(16)17)13(12)21-2)22(18,19)15-6-4-3-5-7-15/h8-9H,3-7H2,1-2H3,(H,16,17). The number of aromatic carboxylic acids is 1. The maximum Gasteiger partial charge on any atom is 0.339 e. The predicted octanol–water partition coefficient (Wildman–Crippen LogP) is 1.58. The fourth-order valence-corrected chi connectivity index (χ4v) is 4.06. The minimum Gasteiger partial charge on any atom is -0.493 e. The van der Waals surface area contributed by atoms with E-state index in [-0.39, 0.29) is 22.0 Å². The Morgan fingerprint density at radius 2 is 1.77 bits per heavy atom. The second-order valence-corrected chi connectivity index (χ2v) is 6.91. The first kappa shape index (κ1) is 16.6. The predicted molar refractivity (Wildman–Crippen MR) is 79.1 cm³/mol. The normalized spacial score (nSPS) is 16.3. The lowest BCUT2D eigenvalue weighted by atomic mass is 10.2. The molecular formula is C14H19NO6S. The lowest BCUT2D eigenvalue weighted by Crippen LogP contribution is -2.35. The van der Waals surface area contributed by atoms with Crippen LogP contribution in [0.1, 0.15) is 29.6 Å². The number of hydrogen-bond acceptors (Lipinski definition) is 5. The number of hydrogen-bond donors (Lipinski definition) is 1. The second kappa shape index (κ2) is 6.53. The summed E-state index contributed by atoms with van der Waals surface area (Å²) in [6.45, 7) is 0.887. The number of rotatable bonds is 5. The highest BCUT2D eigenvalue weighted by atomic mass is 32.2. The Balaban J connectivity index is 2.55. The third-order valence-corrected chi connectivity index (χ3v) is 5.51. The van der Waals surface area contributed by atoms with Crippen LogP contribution in [0.15, 0.2) is 17.0 Å². The third kappa shape index (κ3) is 3.02. The molecule has 0 spiro atoms. The van der Waals surface area contributed by atoms with E-state index in [4.69, 9.17) is 9.47 Å². The van der Waals surface area contributed by atoms with Crippen molar-refractivity contribution in [1.82, 2.24) is 4.31 Å². The van der Waals surface area contributed by atoms with Crippen molar-refractivity contribution in [2.75, 3.05) is 27.3 Å². The van der Waals surface area contributed by atoms with Crippen molar-refractivity contribution in [3.05, 3.63) is 17.7 Å². The smallest absolute Gasteiger partial charge is 0.339 e. The minimum absolute atomic E-state index is 0.00703. The highest BCUT2D eigenvalue weighted by Crippen LogP contribution is 2.35. The van der Waals surface area contributed by atoms with Crippen LogP contribution in [0, 0.1) is 0 Å². The molecule has 0 aromatic heterocycles. The molecule has 1 heterocycles. The summed E-state index contributed by atoms with van der Waals surface area (Å²) in [5.41, 5.74) is -0.238. The molecule has 0 radical (unpaired) electrons. The molecule has 1 aliphatic heterocycles. The fraction of sp³-hybridized carbons (Fsp3) is 0.500. The van der Waals surface area contributed by atoms with Crippen LogP contribution in [0.25, 0.3) is 0 Å². The van der Waals surface area contributed by atoms with Crippen LogP contribution in [0.2, 0.25) is 0 Å². The van der Waals surface area contributed by atoms with Crippen LogP contribution >= 0.6 is 0 Å². The van der Waals surface area contributed by atoms with Gasteiger partial charge in [-0.1, -0.05) is 6.42 Å². The Labute approximate surface area is 129 Å². The Bertz CT molecular complexity index is 664. The summed E-state index contributed by atoms with van der Waals surface area (Å²) >= 11 is 0. The van der Waals surface area contributed by atoms with Crippen molar-refractivity contribution in [3.8, 4) is 11.5 Å². The summed E-state index contributed by atoms with van der Waals surface area (Å²) in [5, 5.41) is 9.27. The van der Waals surface area contributed by atoms with E-state index < -0.39 is 16.0 Å². The molecule has 7 nitrogen and oxygen atoms in total. The minimum atomic E-state index is -3.74. The molecule has 8 heteroatoms. The zero-order chi connectivity index (χ0) is 16.3. The Morgan fingerprint density at radius 1 is 1.14 bits per heavy atom. The molecule has 1 aromatic rings. The van der Waals surface area contributed by atoms with Crippen LogP contribution in [0.3, 0.4) is 0 Å². The molecule has 0 aliphatic carbocycles. The first-order valence-electron chi connectivity index (χ1n) is 6.91. The zero-order valence-electron chi connectivity index (χ0n) is 12.5. The van der Waals surface area contributed by atoms with E-state index >= 15 is 0 Å². The lowest BCUT2D eigenvalue weighted by Gasteiger charge is -2.26. The van der Waals surface area contributed by atoms with Gasteiger partial charge in [0.05, 0.1) is 19.1 Å². The number of nitrogens with zero attached hydrogens (tertiary/aromatic N) is 1. The number of benzene rings is 1. The molecule has 0 bridgehead atoms. The fourth-order valence-electron chi connectivity index (χ4n) is 2.50. The summed E-state index contributed by atoms with van der Waals surface area (Å²) < 4.78 is 36.8. The van der Waals surface area contributed by atoms with Crippen LogP contribution in [-0.4, -0.2) is 51.1 Å². The van der Waals surface area contributed by atoms with Gasteiger partial charge < -0.3 is 14.6 Å². The molecule has 1 aromatic carbocycles. The number of carboxylic acid groups (broad SMARTS) is 1. The molecule has 122 valence electrons. The third-order valence-electron chi connectivity index (χ3n) is 3.64. The maximum absolute atomic E-state index is 12.7.